The molecule has 0 radical (unpaired) electrons. The van der Waals surface area contributed by atoms with Crippen molar-refractivity contribution in [2.75, 3.05) is 58.4 Å². The van der Waals surface area contributed by atoms with E-state index in [2.05, 4.69) is 10.2 Å². The molecule has 3 rings (SSSR count). The van der Waals surface area contributed by atoms with Crippen LogP contribution in [0.15, 0.2) is 24.3 Å². The fourth-order valence-electron chi connectivity index (χ4n) is 3.52. The Kier molecular flexibility index (Phi) is 6.46. The maximum atomic E-state index is 12.6. The SMILES string of the molecule is COc1ccccc1NC(=O)CN1CCC(C(=O)N2CCOCC2)CC1. The number of ether oxygens (including phenoxy) is 2. The van der Waals surface area contributed by atoms with Gasteiger partial charge in [-0.1, -0.05) is 12.1 Å². The number of piperidine rings is 1. The monoisotopic (exact) mass is 361 g/mol. The van der Waals surface area contributed by atoms with Crippen molar-refractivity contribution in [3.8, 4) is 5.75 Å². The third kappa shape index (κ3) is 4.74. The topological polar surface area (TPSA) is 71.1 Å². The summed E-state index contributed by atoms with van der Waals surface area (Å²) < 4.78 is 10.6. The molecule has 2 aliphatic heterocycles. The fraction of sp³-hybridized carbons (Fsp3) is 0.579. The first-order valence-corrected chi connectivity index (χ1v) is 9.19. The average Bonchev–Trinajstić information content (AvgIpc) is 2.69. The first-order chi connectivity index (χ1) is 12.7. The predicted octanol–water partition coefficient (Wildman–Crippen LogP) is 1.20. The second kappa shape index (κ2) is 9.00. The normalized spacial score (nSPS) is 19.2. The quantitative estimate of drug-likeness (QED) is 0.853. The molecule has 0 bridgehead atoms. The summed E-state index contributed by atoms with van der Waals surface area (Å²) in [6.07, 6.45) is 1.61. The summed E-state index contributed by atoms with van der Waals surface area (Å²) in [5, 5.41) is 2.90. The number of carbonyl (C=O) groups is 2. The molecule has 0 atom stereocenters. The van der Waals surface area contributed by atoms with Gasteiger partial charge in [-0.3, -0.25) is 14.5 Å². The lowest BCUT2D eigenvalue weighted by Gasteiger charge is -2.35. The molecule has 0 aliphatic carbocycles. The number of hydrogen-bond donors (Lipinski definition) is 1. The Bertz CT molecular complexity index is 623. The number of anilines is 1. The summed E-state index contributed by atoms with van der Waals surface area (Å²) in [7, 11) is 1.58. The van der Waals surface area contributed by atoms with E-state index in [-0.39, 0.29) is 17.7 Å². The van der Waals surface area contributed by atoms with Crippen LogP contribution in [0.1, 0.15) is 12.8 Å². The van der Waals surface area contributed by atoms with E-state index in [0.717, 1.165) is 25.9 Å². The van der Waals surface area contributed by atoms with Crippen LogP contribution in [0.25, 0.3) is 0 Å². The minimum Gasteiger partial charge on any atom is -0.495 e. The van der Waals surface area contributed by atoms with Gasteiger partial charge < -0.3 is 19.7 Å². The van der Waals surface area contributed by atoms with Gasteiger partial charge in [-0.15, -0.1) is 0 Å². The molecule has 2 fully saturated rings. The van der Waals surface area contributed by atoms with Crippen LogP contribution in [-0.2, 0) is 14.3 Å². The maximum absolute atomic E-state index is 12.6. The van der Waals surface area contributed by atoms with Gasteiger partial charge in [0.25, 0.3) is 0 Å². The van der Waals surface area contributed by atoms with Gasteiger partial charge in [-0.25, -0.2) is 0 Å². The smallest absolute Gasteiger partial charge is 0.238 e. The Morgan fingerprint density at radius 1 is 1.15 bits per heavy atom. The van der Waals surface area contributed by atoms with Crippen LogP contribution in [0.5, 0.6) is 5.75 Å². The van der Waals surface area contributed by atoms with Crippen molar-refractivity contribution < 1.29 is 19.1 Å². The zero-order valence-corrected chi connectivity index (χ0v) is 15.3. The highest BCUT2D eigenvalue weighted by molar-refractivity contribution is 5.93. The summed E-state index contributed by atoms with van der Waals surface area (Å²) in [4.78, 5) is 28.9. The summed E-state index contributed by atoms with van der Waals surface area (Å²) in [5.41, 5.74) is 0.678. The van der Waals surface area contributed by atoms with Gasteiger partial charge in [0.15, 0.2) is 0 Å². The van der Waals surface area contributed by atoms with E-state index in [0.29, 0.717) is 44.3 Å². The zero-order valence-electron chi connectivity index (χ0n) is 15.3. The molecule has 1 aromatic rings. The molecule has 2 heterocycles. The van der Waals surface area contributed by atoms with Crippen molar-refractivity contribution in [2.24, 2.45) is 5.92 Å². The summed E-state index contributed by atoms with van der Waals surface area (Å²) in [5.74, 6) is 0.899. The lowest BCUT2D eigenvalue weighted by atomic mass is 9.95. The van der Waals surface area contributed by atoms with E-state index in [1.54, 1.807) is 7.11 Å². The average molecular weight is 361 g/mol. The van der Waals surface area contributed by atoms with Crippen LogP contribution in [0.2, 0.25) is 0 Å². The second-order valence-corrected chi connectivity index (χ2v) is 6.74. The molecular formula is C19H27N3O4. The van der Waals surface area contributed by atoms with Crippen LogP contribution in [0.4, 0.5) is 5.69 Å². The second-order valence-electron chi connectivity index (χ2n) is 6.74. The van der Waals surface area contributed by atoms with Crippen molar-refractivity contribution in [2.45, 2.75) is 12.8 Å². The van der Waals surface area contributed by atoms with Crippen LogP contribution in [0, 0.1) is 5.92 Å². The molecule has 7 nitrogen and oxygen atoms in total. The van der Waals surface area contributed by atoms with E-state index in [1.165, 1.54) is 0 Å². The Labute approximate surface area is 154 Å². The molecule has 2 aliphatic rings. The molecule has 26 heavy (non-hydrogen) atoms. The van der Waals surface area contributed by atoms with Gasteiger partial charge in [0.1, 0.15) is 5.75 Å². The Morgan fingerprint density at radius 2 is 1.85 bits per heavy atom. The molecule has 2 saturated heterocycles. The number of hydrogen-bond acceptors (Lipinski definition) is 5. The Balaban J connectivity index is 1.44. The van der Waals surface area contributed by atoms with E-state index in [4.69, 9.17) is 9.47 Å². The zero-order chi connectivity index (χ0) is 18.4. The number of benzene rings is 1. The van der Waals surface area contributed by atoms with E-state index >= 15 is 0 Å². The molecule has 1 aromatic carbocycles. The lowest BCUT2D eigenvalue weighted by Crippen LogP contribution is -2.47. The standard InChI is InChI=1S/C19H27N3O4/c1-25-17-5-3-2-4-16(17)20-18(23)14-21-8-6-15(7-9-21)19(24)22-10-12-26-13-11-22/h2-5,15H,6-14H2,1H3,(H,20,23). The Hall–Kier alpha value is -2.12. The van der Waals surface area contributed by atoms with Crippen LogP contribution >= 0.6 is 0 Å². The lowest BCUT2D eigenvalue weighted by molar-refractivity contribution is -0.141. The molecule has 2 amide bonds. The van der Waals surface area contributed by atoms with Gasteiger partial charge in [-0.2, -0.15) is 0 Å². The molecule has 0 saturated carbocycles. The molecule has 1 N–H and O–H groups in total. The molecule has 142 valence electrons. The first-order valence-electron chi connectivity index (χ1n) is 9.19. The summed E-state index contributed by atoms with van der Waals surface area (Å²) in [6, 6.07) is 7.37. The number of methoxy groups -OCH3 is 1. The number of nitrogens with zero attached hydrogens (tertiary/aromatic N) is 2. The number of rotatable bonds is 5. The minimum absolute atomic E-state index is 0.0625. The van der Waals surface area contributed by atoms with E-state index in [1.807, 2.05) is 29.2 Å². The first kappa shape index (κ1) is 18.7. The fourth-order valence-corrected chi connectivity index (χ4v) is 3.52. The van der Waals surface area contributed by atoms with Crippen molar-refractivity contribution in [3.05, 3.63) is 24.3 Å². The molecule has 7 heteroatoms. The third-order valence-corrected chi connectivity index (χ3v) is 5.01. The Morgan fingerprint density at radius 3 is 2.54 bits per heavy atom. The number of para-hydroxylation sites is 2. The van der Waals surface area contributed by atoms with E-state index < -0.39 is 0 Å². The minimum atomic E-state index is -0.0625. The van der Waals surface area contributed by atoms with Crippen molar-refractivity contribution in [1.29, 1.82) is 0 Å². The molecule has 0 unspecified atom stereocenters. The van der Waals surface area contributed by atoms with Crippen molar-refractivity contribution >= 4 is 17.5 Å². The van der Waals surface area contributed by atoms with Crippen LogP contribution < -0.4 is 10.1 Å². The molecule has 0 aromatic heterocycles. The number of likely N-dealkylation sites (tertiary alicyclic amines) is 1. The van der Waals surface area contributed by atoms with Crippen LogP contribution in [0.3, 0.4) is 0 Å². The highest BCUT2D eigenvalue weighted by atomic mass is 16.5. The van der Waals surface area contributed by atoms with Crippen molar-refractivity contribution in [3.63, 3.8) is 0 Å². The number of nitrogens with one attached hydrogen (secondary N) is 1. The number of amides is 2. The van der Waals surface area contributed by atoms with Crippen molar-refractivity contribution in [1.82, 2.24) is 9.80 Å². The van der Waals surface area contributed by atoms with Gasteiger partial charge in [0, 0.05) is 19.0 Å². The van der Waals surface area contributed by atoms with Gasteiger partial charge in [0.05, 0.1) is 32.6 Å². The summed E-state index contributed by atoms with van der Waals surface area (Å²) >= 11 is 0. The predicted molar refractivity (Wildman–Crippen MR) is 98.2 cm³/mol. The highest BCUT2D eigenvalue weighted by Gasteiger charge is 2.29. The maximum Gasteiger partial charge on any atom is 0.238 e. The molecular weight excluding hydrogens is 334 g/mol. The van der Waals surface area contributed by atoms with Gasteiger partial charge in [0.2, 0.25) is 11.8 Å². The third-order valence-electron chi connectivity index (χ3n) is 5.01. The highest BCUT2D eigenvalue weighted by Crippen LogP contribution is 2.24. The summed E-state index contributed by atoms with van der Waals surface area (Å²) in [6.45, 7) is 4.51. The van der Waals surface area contributed by atoms with Crippen LogP contribution in [-0.4, -0.2) is 74.7 Å². The molecule has 0 spiro atoms. The van der Waals surface area contributed by atoms with E-state index in [9.17, 15) is 9.59 Å². The number of morpholine rings is 1. The van der Waals surface area contributed by atoms with Gasteiger partial charge >= 0.3 is 0 Å². The largest absolute Gasteiger partial charge is 0.495 e. The van der Waals surface area contributed by atoms with Gasteiger partial charge in [-0.05, 0) is 38.1 Å². The number of carbonyl (C=O) groups excluding carboxylic acids is 2.